The number of hydrogen-bond donors (Lipinski definition) is 2. The number of hydrogen-bond acceptors (Lipinski definition) is 5. The number of benzene rings is 2. The summed E-state index contributed by atoms with van der Waals surface area (Å²) in [5, 5.41) is 11.5. The first kappa shape index (κ1) is 32.2. The number of phenols is 1. The summed E-state index contributed by atoms with van der Waals surface area (Å²) in [6, 6.07) is 12.5. The lowest BCUT2D eigenvalue weighted by Crippen LogP contribution is -2.77. The van der Waals surface area contributed by atoms with Crippen LogP contribution in [-0.4, -0.2) is 46.8 Å². The van der Waals surface area contributed by atoms with Gasteiger partial charge in [0.15, 0.2) is 11.5 Å². The molecule has 7 nitrogen and oxygen atoms in total. The first-order valence-electron chi connectivity index (χ1n) is 19.3. The maximum Gasteiger partial charge on any atom is 0.308 e. The largest absolute Gasteiger partial charge is 0.508 e. The zero-order valence-electron chi connectivity index (χ0n) is 28.9. The number of carbonyl (C=O) groups excluding carboxylic acids is 2. The number of phenolic OH excluding ortho intramolecular Hbond substituents is 1. The van der Waals surface area contributed by atoms with Gasteiger partial charge in [0.2, 0.25) is 0 Å². The molecule has 8 rings (SSSR count). The molecule has 2 bridgehead atoms. The van der Waals surface area contributed by atoms with Crippen molar-refractivity contribution < 1.29 is 28.8 Å². The van der Waals surface area contributed by atoms with Crippen molar-refractivity contribution in [2.24, 2.45) is 23.7 Å². The second-order valence-electron chi connectivity index (χ2n) is 16.4. The first-order chi connectivity index (χ1) is 23.4. The van der Waals surface area contributed by atoms with Gasteiger partial charge >= 0.3 is 5.97 Å². The minimum absolute atomic E-state index is 0.00465. The predicted octanol–water partition coefficient (Wildman–Crippen LogP) is 7.70. The number of ether oxygens (including phenoxy) is 2. The number of piperidine rings is 1. The molecule has 0 aromatic heterocycles. The van der Waals surface area contributed by atoms with Gasteiger partial charge in [-0.15, -0.1) is 0 Å². The third kappa shape index (κ3) is 5.82. The number of nitrogens with one attached hydrogen (secondary N) is 1. The molecule has 48 heavy (non-hydrogen) atoms. The highest BCUT2D eigenvalue weighted by Gasteiger charge is 2.69. The summed E-state index contributed by atoms with van der Waals surface area (Å²) in [6.45, 7) is 3.27. The van der Waals surface area contributed by atoms with Crippen LogP contribution in [0.4, 0.5) is 0 Å². The highest BCUT2D eigenvalue weighted by atomic mass is 16.6. The number of aryl methyl sites for hydroxylation is 1. The van der Waals surface area contributed by atoms with E-state index in [2.05, 4.69) is 35.8 Å². The van der Waals surface area contributed by atoms with Crippen molar-refractivity contribution in [3.8, 4) is 17.2 Å². The SMILES string of the molecule is CC(=O)Oc1cc(O)c2c3c1O[C@H]1CCC[C@H]4[C@@H](C2)[N+](CC2CC2)(NC(=O)C(CCCC2CCCCC2)CCc2ccccc2)CC[C@]314. The molecule has 2 aromatic rings. The monoisotopic (exact) mass is 655 g/mol. The topological polar surface area (TPSA) is 84.9 Å². The maximum atomic E-state index is 14.7. The lowest BCUT2D eigenvalue weighted by molar-refractivity contribution is -0.995. The molecule has 2 unspecified atom stereocenters. The van der Waals surface area contributed by atoms with Gasteiger partial charge in [-0.2, -0.15) is 0 Å². The van der Waals surface area contributed by atoms with Gasteiger partial charge in [-0.1, -0.05) is 75.3 Å². The minimum Gasteiger partial charge on any atom is -0.508 e. The molecule has 2 N–H and O–H groups in total. The standard InChI is InChI=1S/C41H54N2O5/c1-27(44)47-36-25-35(45)32-24-34-33-16-9-17-37-41(33,38(32)39(36)48-37)22-23-43(34,26-30-18-19-30)42-40(46)31(21-20-29-12-6-3-7-13-29)15-8-14-28-10-4-2-5-11-28/h3,6-7,12-13,25,28,30-31,33-34,37H,2,4-5,8-11,14-24,26H2,1H3,(H-,42,45,46)/p+1/t31?,33-,34+,37-,41+,43?/m0/s1. The second-order valence-corrected chi connectivity index (χ2v) is 16.4. The average molecular weight is 656 g/mol. The molecule has 1 spiro atoms. The average Bonchev–Trinajstić information content (AvgIpc) is 3.83. The molecule has 1 amide bonds. The molecule has 258 valence electrons. The van der Waals surface area contributed by atoms with Gasteiger partial charge in [0.25, 0.3) is 5.91 Å². The molecule has 2 heterocycles. The Balaban J connectivity index is 1.09. The van der Waals surface area contributed by atoms with E-state index < -0.39 is 5.97 Å². The molecule has 4 fully saturated rings. The number of likely N-dealkylation sites (tertiary alicyclic amines) is 1. The summed E-state index contributed by atoms with van der Waals surface area (Å²) in [7, 11) is 0. The van der Waals surface area contributed by atoms with E-state index in [1.165, 1.54) is 63.9 Å². The molecular weight excluding hydrogens is 600 g/mol. The van der Waals surface area contributed by atoms with E-state index in [0.717, 1.165) is 81.5 Å². The Morgan fingerprint density at radius 2 is 1.83 bits per heavy atom. The first-order valence-corrected chi connectivity index (χ1v) is 19.3. The summed E-state index contributed by atoms with van der Waals surface area (Å²) in [5.74, 6) is 2.88. The number of esters is 1. The number of rotatable bonds is 12. The Labute approximate surface area is 286 Å². The van der Waals surface area contributed by atoms with E-state index in [4.69, 9.17) is 9.47 Å². The molecule has 1 saturated heterocycles. The van der Waals surface area contributed by atoms with Crippen LogP contribution in [0.3, 0.4) is 0 Å². The second kappa shape index (κ2) is 13.0. The van der Waals surface area contributed by atoms with Crippen molar-refractivity contribution in [3.05, 3.63) is 53.1 Å². The quantitative estimate of drug-likeness (QED) is 0.139. The van der Waals surface area contributed by atoms with Gasteiger partial charge < -0.3 is 14.6 Å². The molecule has 2 aliphatic heterocycles. The lowest BCUT2D eigenvalue weighted by Gasteiger charge is -2.61. The van der Waals surface area contributed by atoms with Crippen molar-refractivity contribution in [2.45, 2.75) is 134 Å². The van der Waals surface area contributed by atoms with Crippen LogP contribution in [-0.2, 0) is 27.8 Å². The third-order valence-corrected chi connectivity index (χ3v) is 13.5. The fourth-order valence-electron chi connectivity index (χ4n) is 11.1. The number of quaternary nitrogens is 1. The van der Waals surface area contributed by atoms with Gasteiger partial charge in [-0.25, -0.2) is 10.0 Å². The molecule has 6 atom stereocenters. The van der Waals surface area contributed by atoms with Crippen LogP contribution < -0.4 is 14.9 Å². The minimum atomic E-state index is -0.404. The number of carbonyl (C=O) groups is 2. The lowest BCUT2D eigenvalue weighted by atomic mass is 9.51. The van der Waals surface area contributed by atoms with E-state index in [-0.39, 0.29) is 35.1 Å². The molecular formula is C41H55N2O5+. The normalized spacial score (nSPS) is 31.0. The van der Waals surface area contributed by atoms with Crippen LogP contribution >= 0.6 is 0 Å². The van der Waals surface area contributed by atoms with Crippen molar-refractivity contribution >= 4 is 11.9 Å². The zero-order chi connectivity index (χ0) is 32.9. The van der Waals surface area contributed by atoms with Crippen LogP contribution in [0.2, 0.25) is 0 Å². The highest BCUT2D eigenvalue weighted by Crippen LogP contribution is 2.66. The Morgan fingerprint density at radius 1 is 1.02 bits per heavy atom. The number of nitrogens with zero attached hydrogens (tertiary/aromatic N) is 1. The molecule has 3 saturated carbocycles. The van der Waals surface area contributed by atoms with E-state index in [0.29, 0.717) is 34.3 Å². The third-order valence-electron chi connectivity index (χ3n) is 13.5. The Hall–Kier alpha value is -3.06. The Bertz CT molecular complexity index is 1520. The summed E-state index contributed by atoms with van der Waals surface area (Å²) in [4.78, 5) is 26.8. The van der Waals surface area contributed by atoms with Crippen molar-refractivity contribution in [3.63, 3.8) is 0 Å². The van der Waals surface area contributed by atoms with Gasteiger partial charge in [-0.3, -0.25) is 9.59 Å². The summed E-state index contributed by atoms with van der Waals surface area (Å²) in [5.41, 5.74) is 6.99. The van der Waals surface area contributed by atoms with E-state index >= 15 is 0 Å². The van der Waals surface area contributed by atoms with E-state index in [1.54, 1.807) is 6.07 Å². The van der Waals surface area contributed by atoms with Crippen molar-refractivity contribution in [2.75, 3.05) is 13.1 Å². The number of amides is 1. The molecule has 2 aromatic carbocycles. The summed E-state index contributed by atoms with van der Waals surface area (Å²) < 4.78 is 13.0. The number of aromatic hydroxyl groups is 1. The molecule has 4 aliphatic carbocycles. The van der Waals surface area contributed by atoms with Crippen molar-refractivity contribution in [1.29, 1.82) is 0 Å². The fraction of sp³-hybridized carbons (Fsp3) is 0.659. The highest BCUT2D eigenvalue weighted by molar-refractivity contribution is 5.77. The van der Waals surface area contributed by atoms with Crippen LogP contribution in [0.5, 0.6) is 17.2 Å². The van der Waals surface area contributed by atoms with E-state index in [9.17, 15) is 14.7 Å². The van der Waals surface area contributed by atoms with Gasteiger partial charge in [0.1, 0.15) is 31.0 Å². The van der Waals surface area contributed by atoms with Gasteiger partial charge in [0, 0.05) is 54.7 Å². The van der Waals surface area contributed by atoms with Crippen molar-refractivity contribution in [1.82, 2.24) is 5.43 Å². The van der Waals surface area contributed by atoms with E-state index in [1.807, 2.05) is 0 Å². The zero-order valence-corrected chi connectivity index (χ0v) is 28.9. The van der Waals surface area contributed by atoms with Crippen LogP contribution in [0.15, 0.2) is 36.4 Å². The molecule has 6 aliphatic rings. The van der Waals surface area contributed by atoms with Gasteiger partial charge in [0.05, 0.1) is 5.41 Å². The van der Waals surface area contributed by atoms with Crippen LogP contribution in [0.1, 0.15) is 120 Å². The Kier molecular flexibility index (Phi) is 8.71. The molecule has 7 heteroatoms. The van der Waals surface area contributed by atoms with Crippen LogP contribution in [0.25, 0.3) is 0 Å². The predicted molar refractivity (Wildman–Crippen MR) is 184 cm³/mol. The van der Waals surface area contributed by atoms with Gasteiger partial charge in [-0.05, 0) is 62.8 Å². The maximum absolute atomic E-state index is 14.7. The summed E-state index contributed by atoms with van der Waals surface area (Å²) >= 11 is 0. The fourth-order valence-corrected chi connectivity index (χ4v) is 11.1. The Morgan fingerprint density at radius 3 is 2.60 bits per heavy atom. The smallest absolute Gasteiger partial charge is 0.308 e. The summed E-state index contributed by atoms with van der Waals surface area (Å²) in [6.07, 6.45) is 19.2. The molecule has 0 radical (unpaired) electrons. The van der Waals surface area contributed by atoms with Crippen LogP contribution in [0, 0.1) is 23.7 Å².